The highest BCUT2D eigenvalue weighted by Crippen LogP contribution is 1.88. The molecule has 0 aliphatic rings. The zero-order chi connectivity index (χ0) is 7.28. The quantitative estimate of drug-likeness (QED) is 0.316. The van der Waals surface area contributed by atoms with Crippen molar-refractivity contribution in [3.05, 3.63) is 0 Å². The molecule has 0 amide bonds. The van der Waals surface area contributed by atoms with Gasteiger partial charge in [-0.1, -0.05) is 0 Å². The average Bonchev–Trinajstić information content (AvgIpc) is 1.82. The molecule has 0 radical (unpaired) electrons. The van der Waals surface area contributed by atoms with Gasteiger partial charge in [-0.15, -0.1) is 0 Å². The van der Waals surface area contributed by atoms with Crippen LogP contribution in [0, 0.1) is 0 Å². The monoisotopic (exact) mass is 136 g/mol. The first-order valence-corrected chi connectivity index (χ1v) is 2.44. The highest BCUT2D eigenvalue weighted by atomic mass is 16.6. The summed E-state index contributed by atoms with van der Waals surface area (Å²) in [6, 6.07) is 0. The van der Waals surface area contributed by atoms with Gasteiger partial charge in [-0.3, -0.25) is 0 Å². The second kappa shape index (κ2) is 4.72. The molecule has 0 saturated carbocycles. The normalized spacial score (nSPS) is 10.3. The van der Waals surface area contributed by atoms with Crippen molar-refractivity contribution >= 4 is 7.32 Å². The van der Waals surface area contributed by atoms with Crippen molar-refractivity contribution in [2.45, 2.75) is 6.10 Å². The SMILES string of the molecule is OCC(CO)OB(O)O. The van der Waals surface area contributed by atoms with Gasteiger partial charge in [-0.25, -0.2) is 0 Å². The first-order valence-electron chi connectivity index (χ1n) is 2.44. The summed E-state index contributed by atoms with van der Waals surface area (Å²) in [5.41, 5.74) is 0. The maximum atomic E-state index is 8.27. The van der Waals surface area contributed by atoms with Crippen molar-refractivity contribution in [3.8, 4) is 0 Å². The standard InChI is InChI=1S/C3H9BO5/c5-1-3(2-6)9-4(7)8/h3,5-8H,1-2H2. The van der Waals surface area contributed by atoms with Gasteiger partial charge in [-0.05, 0) is 0 Å². The van der Waals surface area contributed by atoms with Gasteiger partial charge in [0, 0.05) is 0 Å². The Bertz CT molecular complexity index is 63.2. The van der Waals surface area contributed by atoms with Crippen LogP contribution in [0.4, 0.5) is 0 Å². The lowest BCUT2D eigenvalue weighted by molar-refractivity contribution is 0.0287. The number of hydrogen-bond donors (Lipinski definition) is 4. The van der Waals surface area contributed by atoms with Crippen LogP contribution in [0.5, 0.6) is 0 Å². The molecule has 0 fully saturated rings. The summed E-state index contributed by atoms with van der Waals surface area (Å²) in [5, 5.41) is 32.7. The fraction of sp³-hybridized carbons (Fsp3) is 1.00. The molecule has 6 heteroatoms. The van der Waals surface area contributed by atoms with Crippen LogP contribution in [0.3, 0.4) is 0 Å². The van der Waals surface area contributed by atoms with Crippen LogP contribution < -0.4 is 0 Å². The largest absolute Gasteiger partial charge is 0.634 e. The summed E-state index contributed by atoms with van der Waals surface area (Å²) < 4.78 is 4.16. The van der Waals surface area contributed by atoms with Crippen LogP contribution >= 0.6 is 0 Å². The van der Waals surface area contributed by atoms with Gasteiger partial charge in [0.2, 0.25) is 0 Å². The zero-order valence-corrected chi connectivity index (χ0v) is 4.77. The Balaban J connectivity index is 3.31. The summed E-state index contributed by atoms with van der Waals surface area (Å²) in [6.45, 7) is -0.873. The van der Waals surface area contributed by atoms with Crippen molar-refractivity contribution in [2.75, 3.05) is 13.2 Å². The van der Waals surface area contributed by atoms with E-state index in [-0.39, 0.29) is 0 Å². The van der Waals surface area contributed by atoms with Gasteiger partial charge in [0.1, 0.15) is 0 Å². The van der Waals surface area contributed by atoms with Gasteiger partial charge in [0.15, 0.2) is 0 Å². The first kappa shape index (κ1) is 8.86. The fourth-order valence-electron chi connectivity index (χ4n) is 0.316. The van der Waals surface area contributed by atoms with E-state index in [1.807, 2.05) is 0 Å². The molecule has 0 aliphatic heterocycles. The number of aliphatic hydroxyl groups is 2. The first-order chi connectivity index (χ1) is 4.20. The summed E-state index contributed by atoms with van der Waals surface area (Å²) in [7, 11) is -1.94. The number of hydrogen-bond acceptors (Lipinski definition) is 5. The molecule has 4 N–H and O–H groups in total. The maximum Gasteiger partial charge on any atom is 0.634 e. The Kier molecular flexibility index (Phi) is 4.65. The Morgan fingerprint density at radius 3 is 1.78 bits per heavy atom. The molecule has 9 heavy (non-hydrogen) atoms. The molecule has 0 atom stereocenters. The smallest absolute Gasteiger partial charge is 0.402 e. The van der Waals surface area contributed by atoms with Gasteiger partial charge in [0.25, 0.3) is 0 Å². The molecule has 5 nitrogen and oxygen atoms in total. The lowest BCUT2D eigenvalue weighted by atomic mass is 10.2. The maximum absolute atomic E-state index is 8.27. The Morgan fingerprint density at radius 2 is 1.67 bits per heavy atom. The minimum absolute atomic E-state index is 0.436. The molecule has 0 rings (SSSR count). The van der Waals surface area contributed by atoms with Crippen molar-refractivity contribution < 1.29 is 24.9 Å². The molecule has 0 aromatic heterocycles. The Labute approximate surface area is 52.7 Å². The van der Waals surface area contributed by atoms with E-state index in [0.29, 0.717) is 0 Å². The molecule has 0 aromatic carbocycles. The lowest BCUT2D eigenvalue weighted by Crippen LogP contribution is -2.31. The van der Waals surface area contributed by atoms with E-state index >= 15 is 0 Å². The van der Waals surface area contributed by atoms with E-state index in [9.17, 15) is 0 Å². The second-order valence-corrected chi connectivity index (χ2v) is 1.45. The van der Waals surface area contributed by atoms with Crippen molar-refractivity contribution in [2.24, 2.45) is 0 Å². The third kappa shape index (κ3) is 4.37. The van der Waals surface area contributed by atoms with Crippen molar-refractivity contribution in [1.82, 2.24) is 0 Å². The molecule has 0 saturated heterocycles. The van der Waals surface area contributed by atoms with E-state index in [2.05, 4.69) is 4.65 Å². The lowest BCUT2D eigenvalue weighted by Gasteiger charge is -2.10. The predicted molar refractivity (Wildman–Crippen MR) is 29.2 cm³/mol. The minimum Gasteiger partial charge on any atom is -0.402 e. The molecule has 0 aliphatic carbocycles. The van der Waals surface area contributed by atoms with Crippen LogP contribution in [0.2, 0.25) is 0 Å². The van der Waals surface area contributed by atoms with Crippen molar-refractivity contribution in [1.29, 1.82) is 0 Å². The van der Waals surface area contributed by atoms with E-state index in [1.165, 1.54) is 0 Å². The second-order valence-electron chi connectivity index (χ2n) is 1.45. The van der Waals surface area contributed by atoms with Gasteiger partial charge < -0.3 is 24.9 Å². The molecular formula is C3H9BO5. The minimum atomic E-state index is -1.94. The van der Waals surface area contributed by atoms with Crippen LogP contribution in [0.25, 0.3) is 0 Å². The molecule has 0 aromatic rings. The van der Waals surface area contributed by atoms with Crippen LogP contribution in [-0.4, -0.2) is 46.9 Å². The van der Waals surface area contributed by atoms with Gasteiger partial charge in [-0.2, -0.15) is 0 Å². The molecule has 0 bridgehead atoms. The Morgan fingerprint density at radius 1 is 1.22 bits per heavy atom. The molecule has 0 heterocycles. The third-order valence-corrected chi connectivity index (χ3v) is 0.721. The Hall–Kier alpha value is -0.135. The summed E-state index contributed by atoms with van der Waals surface area (Å²) in [4.78, 5) is 0. The van der Waals surface area contributed by atoms with Crippen LogP contribution in [0.1, 0.15) is 0 Å². The van der Waals surface area contributed by atoms with Crippen LogP contribution in [-0.2, 0) is 4.65 Å². The number of rotatable bonds is 4. The topological polar surface area (TPSA) is 90.2 Å². The van der Waals surface area contributed by atoms with E-state index in [0.717, 1.165) is 0 Å². The number of aliphatic hydroxyl groups excluding tert-OH is 2. The highest BCUT2D eigenvalue weighted by molar-refractivity contribution is 6.32. The molecule has 0 unspecified atom stereocenters. The van der Waals surface area contributed by atoms with E-state index < -0.39 is 26.6 Å². The molecule has 54 valence electrons. The zero-order valence-electron chi connectivity index (χ0n) is 4.77. The van der Waals surface area contributed by atoms with Gasteiger partial charge >= 0.3 is 7.32 Å². The summed E-state index contributed by atoms with van der Waals surface area (Å²) in [6.07, 6.45) is -0.912. The predicted octanol–water partition coefficient (Wildman–Crippen LogP) is -2.67. The fourth-order valence-corrected chi connectivity index (χ4v) is 0.316. The van der Waals surface area contributed by atoms with E-state index in [1.54, 1.807) is 0 Å². The third-order valence-electron chi connectivity index (χ3n) is 0.721. The summed E-state index contributed by atoms with van der Waals surface area (Å²) in [5.74, 6) is 0. The van der Waals surface area contributed by atoms with E-state index in [4.69, 9.17) is 20.3 Å². The highest BCUT2D eigenvalue weighted by Gasteiger charge is 2.15. The average molecular weight is 136 g/mol. The molecular weight excluding hydrogens is 127 g/mol. The van der Waals surface area contributed by atoms with Gasteiger partial charge in [0.05, 0.1) is 19.3 Å². The summed E-state index contributed by atoms with van der Waals surface area (Å²) >= 11 is 0. The van der Waals surface area contributed by atoms with Crippen molar-refractivity contribution in [3.63, 3.8) is 0 Å². The molecule has 0 spiro atoms. The van der Waals surface area contributed by atoms with Crippen LogP contribution in [0.15, 0.2) is 0 Å².